The molecule has 0 aliphatic carbocycles. The number of hydrogen-bond donors (Lipinski definition) is 1. The fourth-order valence-electron chi connectivity index (χ4n) is 2.78. The summed E-state index contributed by atoms with van der Waals surface area (Å²) in [5.74, 6) is 0.432. The van der Waals surface area contributed by atoms with E-state index in [1.807, 2.05) is 0 Å². The zero-order valence-electron chi connectivity index (χ0n) is 13.6. The molecule has 1 atom stereocenters. The van der Waals surface area contributed by atoms with Crippen molar-refractivity contribution in [3.8, 4) is 5.75 Å². The number of amides is 1. The molecule has 7 nitrogen and oxygen atoms in total. The van der Waals surface area contributed by atoms with Gasteiger partial charge < -0.3 is 14.8 Å². The number of ether oxygens (including phenoxy) is 2. The number of benzene rings is 1. The van der Waals surface area contributed by atoms with E-state index in [0.717, 1.165) is 12.2 Å². The van der Waals surface area contributed by atoms with Crippen molar-refractivity contribution in [1.29, 1.82) is 0 Å². The second-order valence-corrected chi connectivity index (χ2v) is 5.59. The number of carbonyl (C=O) groups is 1. The van der Waals surface area contributed by atoms with E-state index in [4.69, 9.17) is 9.47 Å². The minimum absolute atomic E-state index is 0.0289. The second kappa shape index (κ2) is 6.96. The summed E-state index contributed by atoms with van der Waals surface area (Å²) in [7, 11) is 2.96. The Hall–Kier alpha value is -2.48. The Bertz CT molecular complexity index is 747. The Morgan fingerprint density at radius 3 is 3.04 bits per heavy atom. The third-order valence-corrected chi connectivity index (χ3v) is 3.94. The summed E-state index contributed by atoms with van der Waals surface area (Å²) in [5, 5.41) is 7.21. The number of aromatic nitrogens is 3. The van der Waals surface area contributed by atoms with Gasteiger partial charge >= 0.3 is 0 Å². The van der Waals surface area contributed by atoms with Crippen LogP contribution < -0.4 is 10.1 Å². The first-order chi connectivity index (χ1) is 11.6. The lowest BCUT2D eigenvalue weighted by Gasteiger charge is -2.23. The van der Waals surface area contributed by atoms with Gasteiger partial charge in [-0.25, -0.2) is 14.1 Å². The Labute approximate surface area is 138 Å². The van der Waals surface area contributed by atoms with Crippen LogP contribution in [-0.2, 0) is 24.3 Å². The predicted molar refractivity (Wildman–Crippen MR) is 83.3 cm³/mol. The Morgan fingerprint density at radius 2 is 2.29 bits per heavy atom. The number of hydrogen-bond acceptors (Lipinski definition) is 5. The van der Waals surface area contributed by atoms with Crippen LogP contribution in [0.5, 0.6) is 5.75 Å². The number of nitrogens with one attached hydrogen (secondary N) is 1. The Kier molecular flexibility index (Phi) is 4.75. The number of aryl methyl sites for hydroxylation is 1. The van der Waals surface area contributed by atoms with Gasteiger partial charge in [-0.05, 0) is 18.6 Å². The maximum absolute atomic E-state index is 14.2. The number of fused-ring (bicyclic) bond motifs is 1. The smallest absolute Gasteiger partial charge is 0.254 e. The van der Waals surface area contributed by atoms with Crippen molar-refractivity contribution < 1.29 is 18.7 Å². The van der Waals surface area contributed by atoms with Gasteiger partial charge in [-0.15, -0.1) is 0 Å². The van der Waals surface area contributed by atoms with Gasteiger partial charge in [0.2, 0.25) is 0 Å². The van der Waals surface area contributed by atoms with E-state index in [1.165, 1.54) is 19.2 Å². The lowest BCUT2D eigenvalue weighted by atomic mass is 10.1. The molecule has 0 saturated carbocycles. The number of halogens is 1. The van der Waals surface area contributed by atoms with Crippen molar-refractivity contribution in [1.82, 2.24) is 20.1 Å². The summed E-state index contributed by atoms with van der Waals surface area (Å²) in [6.45, 7) is 0.857. The third-order valence-electron chi connectivity index (χ3n) is 3.94. The van der Waals surface area contributed by atoms with Crippen LogP contribution in [0, 0.1) is 5.82 Å². The standard InChI is InChI=1S/C16H19FN4O3/c1-23-9-13-19-14-7-6-10(8-21(14)20-13)18-16(22)11-4-3-5-12(24-2)15(11)17/h3-5,10H,6-9H2,1-2H3,(H,18,22). The molecule has 1 aromatic carbocycles. The first-order valence-electron chi connectivity index (χ1n) is 7.67. The Balaban J connectivity index is 1.69. The molecule has 128 valence electrons. The molecule has 0 radical (unpaired) electrons. The molecule has 2 heterocycles. The van der Waals surface area contributed by atoms with Gasteiger partial charge in [-0.2, -0.15) is 5.10 Å². The van der Waals surface area contributed by atoms with Crippen molar-refractivity contribution in [3.63, 3.8) is 0 Å². The molecule has 0 saturated heterocycles. The summed E-state index contributed by atoms with van der Waals surface area (Å²) in [6.07, 6.45) is 1.42. The number of rotatable bonds is 5. The molecule has 3 rings (SSSR count). The molecule has 1 amide bonds. The predicted octanol–water partition coefficient (Wildman–Crippen LogP) is 1.32. The number of methoxy groups -OCH3 is 2. The van der Waals surface area contributed by atoms with Gasteiger partial charge in [0.15, 0.2) is 17.4 Å². The van der Waals surface area contributed by atoms with Crippen LogP contribution in [-0.4, -0.2) is 40.9 Å². The van der Waals surface area contributed by atoms with Crippen molar-refractivity contribution >= 4 is 5.91 Å². The average Bonchev–Trinajstić information content (AvgIpc) is 2.97. The van der Waals surface area contributed by atoms with Crippen LogP contribution in [0.15, 0.2) is 18.2 Å². The van der Waals surface area contributed by atoms with Crippen LogP contribution in [0.3, 0.4) is 0 Å². The summed E-state index contributed by atoms with van der Waals surface area (Å²) in [6, 6.07) is 4.37. The number of carbonyl (C=O) groups excluding carboxylic acids is 1. The first-order valence-corrected chi connectivity index (χ1v) is 7.67. The Morgan fingerprint density at radius 1 is 1.46 bits per heavy atom. The maximum atomic E-state index is 14.2. The molecule has 1 aliphatic rings. The zero-order chi connectivity index (χ0) is 17.1. The molecule has 1 N–H and O–H groups in total. The molecule has 1 aromatic heterocycles. The summed E-state index contributed by atoms with van der Waals surface area (Å²) >= 11 is 0. The highest BCUT2D eigenvalue weighted by atomic mass is 19.1. The van der Waals surface area contributed by atoms with E-state index in [2.05, 4.69) is 15.4 Å². The van der Waals surface area contributed by atoms with Crippen LogP contribution in [0.4, 0.5) is 4.39 Å². The lowest BCUT2D eigenvalue weighted by Crippen LogP contribution is -2.41. The lowest BCUT2D eigenvalue weighted by molar-refractivity contribution is 0.0921. The summed E-state index contributed by atoms with van der Waals surface area (Å²) in [4.78, 5) is 16.7. The van der Waals surface area contributed by atoms with Crippen LogP contribution >= 0.6 is 0 Å². The van der Waals surface area contributed by atoms with Crippen LogP contribution in [0.2, 0.25) is 0 Å². The zero-order valence-corrected chi connectivity index (χ0v) is 13.6. The van der Waals surface area contributed by atoms with Crippen molar-refractivity contribution in [2.24, 2.45) is 0 Å². The van der Waals surface area contributed by atoms with Crippen molar-refractivity contribution in [2.75, 3.05) is 14.2 Å². The molecule has 0 fully saturated rings. The average molecular weight is 334 g/mol. The molecule has 0 bridgehead atoms. The monoisotopic (exact) mass is 334 g/mol. The molecule has 8 heteroatoms. The van der Waals surface area contributed by atoms with E-state index in [0.29, 0.717) is 25.4 Å². The van der Waals surface area contributed by atoms with Gasteiger partial charge in [0, 0.05) is 19.6 Å². The normalized spacial score (nSPS) is 16.5. The van der Waals surface area contributed by atoms with E-state index < -0.39 is 11.7 Å². The van der Waals surface area contributed by atoms with Gasteiger partial charge in [-0.1, -0.05) is 6.07 Å². The summed E-state index contributed by atoms with van der Waals surface area (Å²) in [5.41, 5.74) is -0.0289. The maximum Gasteiger partial charge on any atom is 0.254 e. The minimum atomic E-state index is -0.655. The molecule has 1 unspecified atom stereocenters. The van der Waals surface area contributed by atoms with E-state index in [-0.39, 0.29) is 17.4 Å². The van der Waals surface area contributed by atoms with Crippen molar-refractivity contribution in [2.45, 2.75) is 32.0 Å². The number of nitrogens with zero attached hydrogens (tertiary/aromatic N) is 3. The molecule has 2 aromatic rings. The molecule has 24 heavy (non-hydrogen) atoms. The second-order valence-electron chi connectivity index (χ2n) is 5.59. The molecular formula is C16H19FN4O3. The first kappa shape index (κ1) is 16.4. The highest BCUT2D eigenvalue weighted by molar-refractivity contribution is 5.95. The SMILES string of the molecule is COCc1nc2n(n1)CC(NC(=O)c1cccc(OC)c1F)CC2. The quantitative estimate of drug-likeness (QED) is 0.892. The molecule has 1 aliphatic heterocycles. The largest absolute Gasteiger partial charge is 0.494 e. The highest BCUT2D eigenvalue weighted by Crippen LogP contribution is 2.20. The third kappa shape index (κ3) is 3.23. The minimum Gasteiger partial charge on any atom is -0.494 e. The fraction of sp³-hybridized carbons (Fsp3) is 0.438. The topological polar surface area (TPSA) is 78.3 Å². The highest BCUT2D eigenvalue weighted by Gasteiger charge is 2.24. The van der Waals surface area contributed by atoms with E-state index in [1.54, 1.807) is 17.9 Å². The summed E-state index contributed by atoms with van der Waals surface area (Å²) < 4.78 is 25.9. The van der Waals surface area contributed by atoms with E-state index in [9.17, 15) is 9.18 Å². The molecular weight excluding hydrogens is 315 g/mol. The molecule has 0 spiro atoms. The van der Waals surface area contributed by atoms with Crippen molar-refractivity contribution in [3.05, 3.63) is 41.2 Å². The van der Waals surface area contributed by atoms with Crippen LogP contribution in [0.1, 0.15) is 28.4 Å². The van der Waals surface area contributed by atoms with Gasteiger partial charge in [0.05, 0.1) is 19.2 Å². The van der Waals surface area contributed by atoms with Gasteiger partial charge in [0.1, 0.15) is 12.4 Å². The van der Waals surface area contributed by atoms with Crippen LogP contribution in [0.25, 0.3) is 0 Å². The van der Waals surface area contributed by atoms with E-state index >= 15 is 0 Å². The van der Waals surface area contributed by atoms with Gasteiger partial charge in [0.25, 0.3) is 5.91 Å². The van der Waals surface area contributed by atoms with Gasteiger partial charge in [-0.3, -0.25) is 4.79 Å². The fourth-order valence-corrected chi connectivity index (χ4v) is 2.78.